The van der Waals surface area contributed by atoms with Crippen LogP contribution >= 0.6 is 0 Å². The predicted octanol–water partition coefficient (Wildman–Crippen LogP) is 4.22. The molecule has 0 aliphatic carbocycles. The lowest BCUT2D eigenvalue weighted by molar-refractivity contribution is 0.0939. The van der Waals surface area contributed by atoms with Crippen LogP contribution in [0.5, 0.6) is 5.75 Å². The zero-order valence-electron chi connectivity index (χ0n) is 13.9. The summed E-state index contributed by atoms with van der Waals surface area (Å²) in [4.78, 5) is 12.5. The molecule has 0 unspecified atom stereocenters. The molecule has 0 radical (unpaired) electrons. The highest BCUT2D eigenvalue weighted by Crippen LogP contribution is 2.21. The van der Waals surface area contributed by atoms with Gasteiger partial charge in [0.25, 0.3) is 5.91 Å². The Bertz CT molecular complexity index is 689. The first-order valence-electron chi connectivity index (χ1n) is 7.70. The Morgan fingerprint density at radius 2 is 1.96 bits per heavy atom. The van der Waals surface area contributed by atoms with Gasteiger partial charge in [0, 0.05) is 5.56 Å². The van der Waals surface area contributed by atoms with Crippen LogP contribution in [0.15, 0.2) is 55.1 Å². The van der Waals surface area contributed by atoms with Gasteiger partial charge in [-0.15, -0.1) is 6.58 Å². The molecule has 3 heteroatoms. The van der Waals surface area contributed by atoms with E-state index in [0.29, 0.717) is 12.0 Å². The molecule has 2 aromatic rings. The summed E-state index contributed by atoms with van der Waals surface area (Å²) < 4.78 is 5.31. The van der Waals surface area contributed by atoms with Crippen LogP contribution in [0.1, 0.15) is 40.0 Å². The number of nitrogens with one attached hydrogen (secondary N) is 1. The van der Waals surface area contributed by atoms with Crippen molar-refractivity contribution in [3.8, 4) is 5.75 Å². The highest BCUT2D eigenvalue weighted by atomic mass is 16.5. The van der Waals surface area contributed by atoms with Crippen molar-refractivity contribution in [2.24, 2.45) is 0 Å². The molecule has 1 amide bonds. The van der Waals surface area contributed by atoms with E-state index in [9.17, 15) is 4.79 Å². The maximum Gasteiger partial charge on any atom is 0.251 e. The number of amides is 1. The summed E-state index contributed by atoms with van der Waals surface area (Å²) in [6.07, 6.45) is 2.46. The highest BCUT2D eigenvalue weighted by Gasteiger charge is 2.13. The third-order valence-electron chi connectivity index (χ3n) is 3.83. The molecule has 120 valence electrons. The molecule has 0 bridgehead atoms. The second kappa shape index (κ2) is 7.63. The number of aryl methyl sites for hydroxylation is 1. The van der Waals surface area contributed by atoms with Gasteiger partial charge >= 0.3 is 0 Å². The van der Waals surface area contributed by atoms with Gasteiger partial charge in [0.2, 0.25) is 0 Å². The molecule has 23 heavy (non-hydrogen) atoms. The lowest BCUT2D eigenvalue weighted by atomic mass is 10.0. The van der Waals surface area contributed by atoms with Crippen LogP contribution in [-0.4, -0.2) is 13.0 Å². The molecule has 0 aliphatic rings. The number of allylic oxidation sites excluding steroid dienone is 1. The summed E-state index contributed by atoms with van der Waals surface area (Å²) in [6, 6.07) is 13.6. The maximum absolute atomic E-state index is 12.5. The van der Waals surface area contributed by atoms with Gasteiger partial charge < -0.3 is 10.1 Å². The fraction of sp³-hybridized carbons (Fsp3) is 0.250. The monoisotopic (exact) mass is 309 g/mol. The van der Waals surface area contributed by atoms with Crippen LogP contribution in [-0.2, 0) is 6.42 Å². The molecule has 0 saturated carbocycles. The Labute approximate surface area is 138 Å². The number of carbonyl (C=O) groups excluding carboxylic acids is 1. The van der Waals surface area contributed by atoms with Crippen molar-refractivity contribution in [3.63, 3.8) is 0 Å². The molecule has 3 nitrogen and oxygen atoms in total. The normalized spacial score (nSPS) is 11.6. The molecule has 1 atom stereocenters. The minimum absolute atomic E-state index is 0.0481. The van der Waals surface area contributed by atoms with E-state index in [1.807, 2.05) is 50.2 Å². The molecule has 0 saturated heterocycles. The van der Waals surface area contributed by atoms with Crippen molar-refractivity contribution in [1.29, 1.82) is 0 Å². The van der Waals surface area contributed by atoms with Crippen molar-refractivity contribution in [3.05, 3.63) is 77.4 Å². The molecule has 1 N–H and O–H groups in total. The van der Waals surface area contributed by atoms with Crippen molar-refractivity contribution in [2.45, 2.75) is 26.3 Å². The third-order valence-corrected chi connectivity index (χ3v) is 3.83. The van der Waals surface area contributed by atoms with Gasteiger partial charge in [0.05, 0.1) is 13.2 Å². The Hall–Kier alpha value is -2.55. The quantitative estimate of drug-likeness (QED) is 0.811. The number of carbonyl (C=O) groups is 1. The Kier molecular flexibility index (Phi) is 5.58. The van der Waals surface area contributed by atoms with Crippen molar-refractivity contribution in [2.75, 3.05) is 7.11 Å². The van der Waals surface area contributed by atoms with Crippen LogP contribution in [0, 0.1) is 6.92 Å². The van der Waals surface area contributed by atoms with Crippen molar-refractivity contribution < 1.29 is 9.53 Å². The number of rotatable bonds is 6. The molecule has 0 spiro atoms. The van der Waals surface area contributed by atoms with Crippen LogP contribution in [0.3, 0.4) is 0 Å². The van der Waals surface area contributed by atoms with Gasteiger partial charge in [-0.2, -0.15) is 0 Å². The zero-order valence-corrected chi connectivity index (χ0v) is 13.9. The maximum atomic E-state index is 12.5. The Morgan fingerprint density at radius 1 is 1.26 bits per heavy atom. The van der Waals surface area contributed by atoms with Crippen LogP contribution in [0.25, 0.3) is 0 Å². The largest absolute Gasteiger partial charge is 0.496 e. The number of ether oxygens (including phenoxy) is 1. The fourth-order valence-corrected chi connectivity index (χ4v) is 2.45. The lowest BCUT2D eigenvalue weighted by Crippen LogP contribution is -2.26. The number of hydrogen-bond donors (Lipinski definition) is 1. The van der Waals surface area contributed by atoms with E-state index in [2.05, 4.69) is 11.9 Å². The smallest absolute Gasteiger partial charge is 0.251 e. The molecule has 0 heterocycles. The first kappa shape index (κ1) is 16.8. The minimum atomic E-state index is -0.0916. The van der Waals surface area contributed by atoms with E-state index >= 15 is 0 Å². The van der Waals surface area contributed by atoms with Gasteiger partial charge in [-0.3, -0.25) is 4.79 Å². The van der Waals surface area contributed by atoms with Crippen LogP contribution in [0.2, 0.25) is 0 Å². The number of methoxy groups -OCH3 is 1. The van der Waals surface area contributed by atoms with Gasteiger partial charge in [-0.1, -0.05) is 35.9 Å². The van der Waals surface area contributed by atoms with E-state index < -0.39 is 0 Å². The molecular formula is C20H23NO2. The first-order chi connectivity index (χ1) is 11.0. The van der Waals surface area contributed by atoms with E-state index in [-0.39, 0.29) is 11.9 Å². The van der Waals surface area contributed by atoms with Crippen molar-refractivity contribution in [1.82, 2.24) is 5.32 Å². The van der Waals surface area contributed by atoms with Crippen LogP contribution in [0.4, 0.5) is 0 Å². The third kappa shape index (κ3) is 4.22. The second-order valence-electron chi connectivity index (χ2n) is 5.63. The average Bonchev–Trinajstić information content (AvgIpc) is 2.55. The Morgan fingerprint density at radius 3 is 2.57 bits per heavy atom. The van der Waals surface area contributed by atoms with Crippen molar-refractivity contribution >= 4 is 5.91 Å². The summed E-state index contributed by atoms with van der Waals surface area (Å²) in [7, 11) is 1.63. The summed E-state index contributed by atoms with van der Waals surface area (Å²) in [5.74, 6) is 0.680. The van der Waals surface area contributed by atoms with E-state index in [1.54, 1.807) is 19.3 Å². The molecule has 2 aromatic carbocycles. The van der Waals surface area contributed by atoms with Gasteiger partial charge in [0.15, 0.2) is 0 Å². The predicted molar refractivity (Wildman–Crippen MR) is 94.0 cm³/mol. The summed E-state index contributed by atoms with van der Waals surface area (Å²) in [5, 5.41) is 3.03. The topological polar surface area (TPSA) is 38.3 Å². The zero-order chi connectivity index (χ0) is 16.8. The molecular weight excluding hydrogens is 286 g/mol. The standard InChI is InChI=1S/C20H23NO2/c1-5-6-17-13-18(11-12-19(17)23-4)20(22)21-15(3)16-9-7-14(2)8-10-16/h5,7-13,15H,1,6H2,2-4H3,(H,21,22)/t15-/m0/s1. The molecule has 2 rings (SSSR count). The molecule has 0 fully saturated rings. The molecule has 0 aromatic heterocycles. The Balaban J connectivity index is 2.15. The highest BCUT2D eigenvalue weighted by molar-refractivity contribution is 5.94. The van der Waals surface area contributed by atoms with E-state index in [4.69, 9.17) is 4.74 Å². The first-order valence-corrected chi connectivity index (χ1v) is 7.70. The van der Waals surface area contributed by atoms with E-state index in [0.717, 1.165) is 16.9 Å². The van der Waals surface area contributed by atoms with Crippen LogP contribution < -0.4 is 10.1 Å². The molecule has 0 aliphatic heterocycles. The minimum Gasteiger partial charge on any atom is -0.496 e. The summed E-state index contributed by atoms with van der Waals surface area (Å²) in [6.45, 7) is 7.77. The number of hydrogen-bond acceptors (Lipinski definition) is 2. The second-order valence-corrected chi connectivity index (χ2v) is 5.63. The number of benzene rings is 2. The SMILES string of the molecule is C=CCc1cc(C(=O)N[C@@H](C)c2ccc(C)cc2)ccc1OC. The van der Waals surface area contributed by atoms with Gasteiger partial charge in [-0.05, 0) is 49.6 Å². The van der Waals surface area contributed by atoms with Gasteiger partial charge in [0.1, 0.15) is 5.75 Å². The van der Waals surface area contributed by atoms with E-state index in [1.165, 1.54) is 5.56 Å². The summed E-state index contributed by atoms with van der Waals surface area (Å²) in [5.41, 5.74) is 3.88. The average molecular weight is 309 g/mol. The fourth-order valence-electron chi connectivity index (χ4n) is 2.45. The van der Waals surface area contributed by atoms with Gasteiger partial charge in [-0.25, -0.2) is 0 Å². The summed E-state index contributed by atoms with van der Waals surface area (Å²) >= 11 is 0. The lowest BCUT2D eigenvalue weighted by Gasteiger charge is -2.15.